The molecule has 1 saturated heterocycles. The number of hydrogen-bond acceptors (Lipinski definition) is 5. The number of esters is 1. The predicted molar refractivity (Wildman–Crippen MR) is 131 cm³/mol. The Morgan fingerprint density at radius 3 is 2.03 bits per heavy atom. The number of fused-ring (bicyclic) bond motifs is 3. The van der Waals surface area contributed by atoms with Crippen molar-refractivity contribution in [2.75, 3.05) is 19.7 Å². The largest absolute Gasteiger partial charge is 0.481 e. The summed E-state index contributed by atoms with van der Waals surface area (Å²) in [5, 5.41) is 9.83. The maximum atomic E-state index is 12.7. The highest BCUT2D eigenvalue weighted by atomic mass is 16.6. The van der Waals surface area contributed by atoms with E-state index in [1.807, 2.05) is 57.2 Å². The van der Waals surface area contributed by atoms with Crippen molar-refractivity contribution in [1.82, 2.24) is 4.90 Å². The average Bonchev–Trinajstić information content (AvgIpc) is 3.14. The normalized spacial score (nSPS) is 16.8. The van der Waals surface area contributed by atoms with Crippen LogP contribution in [0.2, 0.25) is 0 Å². The number of nitrogens with zero attached hydrogens (tertiary/aromatic N) is 1. The summed E-state index contributed by atoms with van der Waals surface area (Å²) in [5.74, 6) is -2.62. The van der Waals surface area contributed by atoms with E-state index in [1.165, 1.54) is 0 Å². The van der Waals surface area contributed by atoms with Gasteiger partial charge in [0.1, 0.15) is 12.2 Å². The topological polar surface area (TPSA) is 93.1 Å². The molecule has 1 aliphatic carbocycles. The molecule has 1 N–H and O–H groups in total. The van der Waals surface area contributed by atoms with Crippen LogP contribution < -0.4 is 0 Å². The van der Waals surface area contributed by atoms with E-state index in [2.05, 4.69) is 12.1 Å². The van der Waals surface area contributed by atoms with Gasteiger partial charge < -0.3 is 19.5 Å². The Morgan fingerprint density at radius 2 is 1.51 bits per heavy atom. The molecule has 1 amide bonds. The minimum absolute atomic E-state index is 0.0632. The fourth-order valence-corrected chi connectivity index (χ4v) is 5.12. The number of carboxylic acid groups (broad SMARTS) is 1. The summed E-state index contributed by atoms with van der Waals surface area (Å²) < 4.78 is 11.1. The lowest BCUT2D eigenvalue weighted by molar-refractivity contribution is -0.154. The van der Waals surface area contributed by atoms with Gasteiger partial charge in [-0.2, -0.15) is 0 Å². The number of benzene rings is 2. The summed E-state index contributed by atoms with van der Waals surface area (Å²) in [6.45, 7) is 6.43. The molecule has 2 aliphatic rings. The summed E-state index contributed by atoms with van der Waals surface area (Å²) in [7, 11) is 0. The molecule has 7 nitrogen and oxygen atoms in total. The minimum atomic E-state index is -1.01. The Labute approximate surface area is 206 Å². The van der Waals surface area contributed by atoms with Crippen LogP contribution in [0.25, 0.3) is 11.1 Å². The van der Waals surface area contributed by atoms with Crippen molar-refractivity contribution in [3.05, 3.63) is 59.7 Å². The van der Waals surface area contributed by atoms with E-state index in [0.717, 1.165) is 22.3 Å². The van der Waals surface area contributed by atoms with Gasteiger partial charge in [-0.05, 0) is 61.8 Å². The Hall–Kier alpha value is -3.35. The van der Waals surface area contributed by atoms with Gasteiger partial charge in [-0.1, -0.05) is 48.5 Å². The summed E-state index contributed by atoms with van der Waals surface area (Å²) in [4.78, 5) is 38.7. The molecule has 35 heavy (non-hydrogen) atoms. The number of hydrogen-bond donors (Lipinski definition) is 1. The molecule has 4 rings (SSSR count). The molecule has 0 bridgehead atoms. The van der Waals surface area contributed by atoms with E-state index in [-0.39, 0.29) is 31.0 Å². The molecule has 0 aromatic heterocycles. The first-order valence-electron chi connectivity index (χ1n) is 12.2. The first-order chi connectivity index (χ1) is 16.6. The number of carboxylic acids is 1. The van der Waals surface area contributed by atoms with E-state index in [1.54, 1.807) is 4.90 Å². The predicted octanol–water partition coefficient (Wildman–Crippen LogP) is 5.08. The van der Waals surface area contributed by atoms with Gasteiger partial charge >= 0.3 is 18.0 Å². The molecule has 1 aliphatic heterocycles. The molecule has 2 aromatic carbocycles. The lowest BCUT2D eigenvalue weighted by Gasteiger charge is -2.35. The van der Waals surface area contributed by atoms with Crippen molar-refractivity contribution in [3.63, 3.8) is 0 Å². The first-order valence-corrected chi connectivity index (χ1v) is 12.2. The summed E-state index contributed by atoms with van der Waals surface area (Å²) >= 11 is 0. The van der Waals surface area contributed by atoms with E-state index in [4.69, 9.17) is 9.47 Å². The highest BCUT2D eigenvalue weighted by Crippen LogP contribution is 2.44. The first kappa shape index (κ1) is 24.8. The van der Waals surface area contributed by atoms with Gasteiger partial charge in [-0.25, -0.2) is 4.79 Å². The second kappa shape index (κ2) is 10.1. The summed E-state index contributed by atoms with van der Waals surface area (Å²) in [5.41, 5.74) is 3.94. The molecule has 0 radical (unpaired) electrons. The molecule has 7 heteroatoms. The van der Waals surface area contributed by atoms with Crippen molar-refractivity contribution < 1.29 is 29.0 Å². The Kier molecular flexibility index (Phi) is 7.15. The van der Waals surface area contributed by atoms with Gasteiger partial charge in [0.15, 0.2) is 0 Å². The maximum Gasteiger partial charge on any atom is 0.410 e. The lowest BCUT2D eigenvalue weighted by atomic mass is 9.82. The van der Waals surface area contributed by atoms with Crippen molar-refractivity contribution in [2.45, 2.75) is 51.6 Å². The molecule has 1 heterocycles. The van der Waals surface area contributed by atoms with E-state index < -0.39 is 23.5 Å². The molecule has 186 valence electrons. The molecule has 0 unspecified atom stereocenters. The summed E-state index contributed by atoms with van der Waals surface area (Å²) in [6, 6.07) is 16.2. The van der Waals surface area contributed by atoms with Crippen LogP contribution in [0.5, 0.6) is 0 Å². The molecular weight excluding hydrogens is 446 g/mol. The number of likely N-dealkylation sites (tertiary alicyclic amines) is 1. The highest BCUT2D eigenvalue weighted by Gasteiger charge is 2.36. The average molecular weight is 480 g/mol. The van der Waals surface area contributed by atoms with Gasteiger partial charge in [0.25, 0.3) is 0 Å². The quantitative estimate of drug-likeness (QED) is 0.581. The van der Waals surface area contributed by atoms with Gasteiger partial charge in [-0.15, -0.1) is 0 Å². The Morgan fingerprint density at radius 1 is 0.971 bits per heavy atom. The van der Waals surface area contributed by atoms with Crippen LogP contribution in [0, 0.1) is 11.8 Å². The number of carbonyl (C=O) groups excluding carboxylic acids is 2. The molecule has 0 spiro atoms. The van der Waals surface area contributed by atoms with Crippen molar-refractivity contribution >= 4 is 18.0 Å². The number of piperidine rings is 1. The van der Waals surface area contributed by atoms with Crippen LogP contribution in [0.3, 0.4) is 0 Å². The monoisotopic (exact) mass is 479 g/mol. The third-order valence-electron chi connectivity index (χ3n) is 6.84. The molecule has 1 atom stereocenters. The summed E-state index contributed by atoms with van der Waals surface area (Å²) in [6.07, 6.45) is 0.446. The van der Waals surface area contributed by atoms with E-state index in [9.17, 15) is 19.5 Å². The Balaban J connectivity index is 1.34. The molecule has 0 saturated carbocycles. The van der Waals surface area contributed by atoms with Crippen molar-refractivity contribution in [2.24, 2.45) is 11.8 Å². The number of amides is 1. The second-order valence-corrected chi connectivity index (χ2v) is 10.4. The number of carbonyl (C=O) groups is 3. The SMILES string of the molecule is CC(C)(C)OC(=O)N1CCC([C@H](CC(=O)OCC2c3ccccc3-c3ccccc32)C(=O)O)CC1. The third-order valence-corrected chi connectivity index (χ3v) is 6.84. The maximum absolute atomic E-state index is 12.7. The molecule has 2 aromatic rings. The standard InChI is InChI=1S/C28H33NO6/c1-28(2,3)35-27(33)29-14-12-18(13-15-29)23(26(31)32)16-25(30)34-17-24-21-10-6-4-8-19(21)20-9-5-7-11-22(20)24/h4-11,18,23-24H,12-17H2,1-3H3,(H,31,32)/t23-/m0/s1. The fourth-order valence-electron chi connectivity index (χ4n) is 5.12. The highest BCUT2D eigenvalue weighted by molar-refractivity contribution is 5.80. The van der Waals surface area contributed by atoms with Gasteiger partial charge in [0, 0.05) is 19.0 Å². The zero-order valence-corrected chi connectivity index (χ0v) is 20.5. The zero-order chi connectivity index (χ0) is 25.2. The van der Waals surface area contributed by atoms with E-state index in [0.29, 0.717) is 25.9 Å². The number of aliphatic carboxylic acids is 1. The Bertz CT molecular complexity index is 1050. The van der Waals surface area contributed by atoms with Crippen LogP contribution >= 0.6 is 0 Å². The van der Waals surface area contributed by atoms with Gasteiger partial charge in [0.2, 0.25) is 0 Å². The minimum Gasteiger partial charge on any atom is -0.481 e. The van der Waals surface area contributed by atoms with Crippen LogP contribution in [0.4, 0.5) is 4.79 Å². The van der Waals surface area contributed by atoms with Crippen molar-refractivity contribution in [3.8, 4) is 11.1 Å². The molecule has 1 fully saturated rings. The van der Waals surface area contributed by atoms with Crippen LogP contribution in [0.15, 0.2) is 48.5 Å². The van der Waals surface area contributed by atoms with E-state index >= 15 is 0 Å². The van der Waals surface area contributed by atoms with Crippen LogP contribution in [-0.2, 0) is 19.1 Å². The smallest absolute Gasteiger partial charge is 0.410 e. The molecular formula is C28H33NO6. The van der Waals surface area contributed by atoms with Gasteiger partial charge in [0.05, 0.1) is 12.3 Å². The van der Waals surface area contributed by atoms with Gasteiger partial charge in [-0.3, -0.25) is 9.59 Å². The fraction of sp³-hybridized carbons (Fsp3) is 0.464. The van der Waals surface area contributed by atoms with Crippen LogP contribution in [0.1, 0.15) is 57.1 Å². The second-order valence-electron chi connectivity index (χ2n) is 10.4. The van der Waals surface area contributed by atoms with Crippen LogP contribution in [-0.4, -0.2) is 53.3 Å². The zero-order valence-electron chi connectivity index (χ0n) is 20.5. The number of ether oxygens (including phenoxy) is 2. The number of rotatable bonds is 6. The third kappa shape index (κ3) is 5.66. The lowest BCUT2D eigenvalue weighted by Crippen LogP contribution is -2.44. The van der Waals surface area contributed by atoms with Crippen molar-refractivity contribution in [1.29, 1.82) is 0 Å².